The maximum Gasteiger partial charge on any atom is 0.256 e. The second-order valence-corrected chi connectivity index (χ2v) is 7.57. The number of nitrogens with one attached hydrogen (secondary N) is 1. The minimum atomic E-state index is -0.145. The van der Waals surface area contributed by atoms with E-state index in [0.29, 0.717) is 5.56 Å². The quantitative estimate of drug-likeness (QED) is 0.461. The fourth-order valence-electron chi connectivity index (χ4n) is 1.45. The van der Waals surface area contributed by atoms with Crippen LogP contribution in [0.1, 0.15) is 10.4 Å². The Morgan fingerprint density at radius 2 is 1.74 bits per heavy atom. The van der Waals surface area contributed by atoms with Crippen LogP contribution < -0.4 is 5.32 Å². The summed E-state index contributed by atoms with van der Waals surface area (Å²) < 4.78 is 3.57. The Hall–Kier alpha value is 0.0800. The second-order valence-electron chi connectivity index (χ2n) is 3.70. The number of hydrogen-bond acceptors (Lipinski definition) is 1. The van der Waals surface area contributed by atoms with Gasteiger partial charge < -0.3 is 5.32 Å². The minimum absolute atomic E-state index is 0.145. The van der Waals surface area contributed by atoms with E-state index in [2.05, 4.69) is 75.7 Å². The highest BCUT2D eigenvalue weighted by atomic mass is 127. The lowest BCUT2D eigenvalue weighted by Crippen LogP contribution is -2.13. The first-order valence-electron chi connectivity index (χ1n) is 5.19. The first-order chi connectivity index (χ1) is 8.97. The van der Waals surface area contributed by atoms with Gasteiger partial charge in [-0.1, -0.05) is 15.9 Å². The second kappa shape index (κ2) is 6.69. The number of amides is 1. The van der Waals surface area contributed by atoms with Crippen LogP contribution in [0.25, 0.3) is 0 Å². The van der Waals surface area contributed by atoms with E-state index >= 15 is 0 Å². The van der Waals surface area contributed by atoms with Crippen LogP contribution in [0.5, 0.6) is 0 Å². The summed E-state index contributed by atoms with van der Waals surface area (Å²) in [6, 6.07) is 11.3. The van der Waals surface area contributed by atoms with E-state index < -0.39 is 0 Å². The van der Waals surface area contributed by atoms with Gasteiger partial charge in [0.15, 0.2) is 0 Å². The third-order valence-electron chi connectivity index (χ3n) is 2.35. The minimum Gasteiger partial charge on any atom is -0.321 e. The molecule has 1 N–H and O–H groups in total. The summed E-state index contributed by atoms with van der Waals surface area (Å²) in [5.41, 5.74) is 1.35. The molecule has 0 aliphatic carbocycles. The van der Waals surface area contributed by atoms with Gasteiger partial charge in [0, 0.05) is 17.0 Å². The molecular weight excluding hydrogens is 553 g/mol. The Balaban J connectivity index is 2.28. The number of carbonyl (C=O) groups is 1. The molecule has 2 rings (SSSR count). The molecule has 0 unspecified atom stereocenters. The van der Waals surface area contributed by atoms with Crippen molar-refractivity contribution in [2.24, 2.45) is 0 Å². The molecule has 0 saturated carbocycles. The van der Waals surface area contributed by atoms with Crippen molar-refractivity contribution < 1.29 is 4.79 Å². The zero-order chi connectivity index (χ0) is 14.0. The number of anilines is 1. The summed E-state index contributed by atoms with van der Waals surface area (Å²) in [6.45, 7) is 0. The third kappa shape index (κ3) is 4.03. The number of carbonyl (C=O) groups excluding carboxylic acids is 1. The molecule has 0 saturated heterocycles. The monoisotopic (exact) mass is 557 g/mol. The highest BCUT2D eigenvalue weighted by molar-refractivity contribution is 14.1. The summed E-state index contributed by atoms with van der Waals surface area (Å²) in [5, 5.41) is 2.88. The Bertz CT molecular complexity index is 646. The molecule has 6 heteroatoms. The molecule has 98 valence electrons. The molecule has 0 heterocycles. The Labute approximate surface area is 149 Å². The Morgan fingerprint density at radius 1 is 1.00 bits per heavy atom. The molecule has 0 aliphatic heterocycles. The van der Waals surface area contributed by atoms with Crippen LogP contribution in [0, 0.1) is 3.57 Å². The maximum atomic E-state index is 12.2. The van der Waals surface area contributed by atoms with Gasteiger partial charge in [0.1, 0.15) is 0 Å². The summed E-state index contributed by atoms with van der Waals surface area (Å²) in [7, 11) is 0. The fraction of sp³-hybridized carbons (Fsp3) is 0. The lowest BCUT2D eigenvalue weighted by molar-refractivity contribution is 0.102. The van der Waals surface area contributed by atoms with Gasteiger partial charge in [-0.3, -0.25) is 4.79 Å². The molecule has 0 radical (unpaired) electrons. The van der Waals surface area contributed by atoms with E-state index in [4.69, 9.17) is 0 Å². The maximum absolute atomic E-state index is 12.2. The average Bonchev–Trinajstić information content (AvgIpc) is 2.35. The van der Waals surface area contributed by atoms with Gasteiger partial charge >= 0.3 is 0 Å². The van der Waals surface area contributed by atoms with Crippen molar-refractivity contribution in [3.05, 3.63) is 58.9 Å². The summed E-state index contributed by atoms with van der Waals surface area (Å²) >= 11 is 12.4. The lowest BCUT2D eigenvalue weighted by atomic mass is 10.2. The van der Waals surface area contributed by atoms with Crippen LogP contribution in [0.2, 0.25) is 0 Å². The van der Waals surface area contributed by atoms with Crippen molar-refractivity contribution in [3.63, 3.8) is 0 Å². The molecule has 0 fully saturated rings. The Morgan fingerprint density at radius 3 is 2.42 bits per heavy atom. The first-order valence-corrected chi connectivity index (χ1v) is 8.64. The zero-order valence-electron chi connectivity index (χ0n) is 9.38. The molecule has 2 nitrogen and oxygen atoms in total. The van der Waals surface area contributed by atoms with Gasteiger partial charge in [0.25, 0.3) is 5.91 Å². The van der Waals surface area contributed by atoms with Crippen molar-refractivity contribution in [3.8, 4) is 0 Å². The van der Waals surface area contributed by atoms with Crippen molar-refractivity contribution in [1.29, 1.82) is 0 Å². The molecule has 2 aromatic carbocycles. The summed E-state index contributed by atoms with van der Waals surface area (Å²) in [4.78, 5) is 12.2. The molecule has 2 aromatic rings. The van der Waals surface area contributed by atoms with E-state index in [1.165, 1.54) is 0 Å². The highest BCUT2D eigenvalue weighted by Crippen LogP contribution is 2.27. The zero-order valence-corrected chi connectivity index (χ0v) is 16.3. The molecule has 0 atom stereocenters. The third-order valence-corrected chi connectivity index (χ3v) is 4.86. The van der Waals surface area contributed by atoms with Crippen molar-refractivity contribution in [2.75, 3.05) is 5.32 Å². The predicted octanol–water partition coefficient (Wildman–Crippen LogP) is 5.83. The van der Waals surface area contributed by atoms with Gasteiger partial charge in [0.05, 0.1) is 11.3 Å². The van der Waals surface area contributed by atoms with Crippen molar-refractivity contribution in [2.45, 2.75) is 0 Å². The predicted molar refractivity (Wildman–Crippen MR) is 96.7 cm³/mol. The lowest BCUT2D eigenvalue weighted by Gasteiger charge is -2.09. The molecule has 1 amide bonds. The van der Waals surface area contributed by atoms with Gasteiger partial charge in [-0.15, -0.1) is 0 Å². The van der Waals surface area contributed by atoms with Crippen LogP contribution in [0.4, 0.5) is 5.69 Å². The number of benzene rings is 2. The van der Waals surface area contributed by atoms with Gasteiger partial charge in [-0.2, -0.15) is 0 Å². The fourth-order valence-corrected chi connectivity index (χ4v) is 3.52. The van der Waals surface area contributed by atoms with Gasteiger partial charge in [-0.05, 0) is 90.8 Å². The smallest absolute Gasteiger partial charge is 0.256 e. The van der Waals surface area contributed by atoms with Crippen LogP contribution >= 0.6 is 70.4 Å². The summed E-state index contributed by atoms with van der Waals surface area (Å²) in [6.07, 6.45) is 0. The SMILES string of the molecule is O=C(Nc1ccc(Br)cc1Br)c1cc(I)ccc1Br. The van der Waals surface area contributed by atoms with Gasteiger partial charge in [0.2, 0.25) is 0 Å². The molecule has 19 heavy (non-hydrogen) atoms. The van der Waals surface area contributed by atoms with E-state index in [0.717, 1.165) is 22.7 Å². The highest BCUT2D eigenvalue weighted by Gasteiger charge is 2.12. The first kappa shape index (κ1) is 15.5. The van der Waals surface area contributed by atoms with Crippen LogP contribution in [-0.4, -0.2) is 5.91 Å². The van der Waals surface area contributed by atoms with Gasteiger partial charge in [-0.25, -0.2) is 0 Å². The average molecular weight is 560 g/mol. The topological polar surface area (TPSA) is 29.1 Å². The van der Waals surface area contributed by atoms with Crippen LogP contribution in [0.3, 0.4) is 0 Å². The van der Waals surface area contributed by atoms with E-state index in [-0.39, 0.29) is 5.91 Å². The molecule has 0 spiro atoms. The normalized spacial score (nSPS) is 10.3. The van der Waals surface area contributed by atoms with E-state index in [9.17, 15) is 4.79 Å². The number of hydrogen-bond donors (Lipinski definition) is 1. The van der Waals surface area contributed by atoms with E-state index in [1.807, 2.05) is 36.4 Å². The number of rotatable bonds is 2. The molecule has 0 aromatic heterocycles. The van der Waals surface area contributed by atoms with Crippen LogP contribution in [-0.2, 0) is 0 Å². The summed E-state index contributed by atoms with van der Waals surface area (Å²) in [5.74, 6) is -0.145. The van der Waals surface area contributed by atoms with E-state index in [1.54, 1.807) is 0 Å². The van der Waals surface area contributed by atoms with Crippen molar-refractivity contribution in [1.82, 2.24) is 0 Å². The molecule has 0 aliphatic rings. The number of halogens is 4. The van der Waals surface area contributed by atoms with Crippen molar-refractivity contribution >= 4 is 82.0 Å². The largest absolute Gasteiger partial charge is 0.321 e. The standard InChI is InChI=1S/C13H7Br3INO/c14-7-1-4-12(11(16)5-7)18-13(19)9-6-8(17)2-3-10(9)15/h1-6H,(H,18,19). The molecular formula is C13H7Br3INO. The van der Waals surface area contributed by atoms with Crippen LogP contribution in [0.15, 0.2) is 49.8 Å². The Kier molecular flexibility index (Phi) is 5.45. The molecule has 0 bridgehead atoms.